The molecule has 30 heavy (non-hydrogen) atoms. The Kier molecular flexibility index (Phi) is 7.75. The number of aryl methyl sites for hydroxylation is 1. The molecule has 2 N–H and O–H groups in total. The lowest BCUT2D eigenvalue weighted by molar-refractivity contribution is -0.132. The normalized spacial score (nSPS) is 20.4. The van der Waals surface area contributed by atoms with Crippen molar-refractivity contribution in [3.8, 4) is 5.75 Å². The number of nitrogens with one attached hydrogen (secondary N) is 2. The highest BCUT2D eigenvalue weighted by Gasteiger charge is 2.41. The molecular weight excluding hydrogens is 404 g/mol. The Morgan fingerprint density at radius 2 is 2.23 bits per heavy atom. The number of benzene rings is 1. The molecule has 8 heteroatoms. The first kappa shape index (κ1) is 22.6. The molecule has 7 nitrogen and oxygen atoms in total. The molecule has 1 atom stereocenters. The van der Waals surface area contributed by atoms with E-state index in [0.717, 1.165) is 62.4 Å². The topological polar surface area (TPSA) is 77.4 Å². The largest absolute Gasteiger partial charge is 0.493 e. The monoisotopic (exact) mass is 434 g/mol. The van der Waals surface area contributed by atoms with Gasteiger partial charge in [0.25, 0.3) is 0 Å². The average Bonchev–Trinajstić information content (AvgIpc) is 3.46. The summed E-state index contributed by atoms with van der Waals surface area (Å²) < 4.78 is 13.4. The second kappa shape index (κ2) is 10.3. The van der Waals surface area contributed by atoms with Gasteiger partial charge in [0, 0.05) is 37.0 Å². The van der Waals surface area contributed by atoms with Crippen molar-refractivity contribution in [3.63, 3.8) is 0 Å². The van der Waals surface area contributed by atoms with Crippen molar-refractivity contribution in [1.29, 1.82) is 0 Å². The summed E-state index contributed by atoms with van der Waals surface area (Å²) in [5.41, 5.74) is 1.50. The van der Waals surface area contributed by atoms with Crippen LogP contribution in [0.1, 0.15) is 30.4 Å². The van der Waals surface area contributed by atoms with Crippen molar-refractivity contribution in [2.75, 3.05) is 32.9 Å². The van der Waals surface area contributed by atoms with Crippen LogP contribution in [0.2, 0.25) is 0 Å². The number of hydrogen-bond donors (Lipinski definition) is 2. The molecule has 0 bridgehead atoms. The Morgan fingerprint density at radius 1 is 1.40 bits per heavy atom. The number of carbonyl (C=O) groups excluding carboxylic acids is 1. The maximum atomic E-state index is 13.3. The second-order valence-corrected chi connectivity index (χ2v) is 8.07. The van der Waals surface area contributed by atoms with Gasteiger partial charge in [-0.05, 0) is 57.0 Å². The van der Waals surface area contributed by atoms with Gasteiger partial charge in [0.2, 0.25) is 5.91 Å². The van der Waals surface area contributed by atoms with E-state index >= 15 is 0 Å². The number of carbonyl (C=O) groups is 1. The summed E-state index contributed by atoms with van der Waals surface area (Å²) in [6.45, 7) is 6.31. The lowest BCUT2D eigenvalue weighted by Crippen LogP contribution is -2.54. The summed E-state index contributed by atoms with van der Waals surface area (Å²) in [7, 11) is 0. The molecule has 2 aliphatic rings. The predicted molar refractivity (Wildman–Crippen MR) is 117 cm³/mol. The van der Waals surface area contributed by atoms with E-state index in [1.807, 2.05) is 29.1 Å². The Morgan fingerprint density at radius 3 is 2.93 bits per heavy atom. The molecule has 1 aromatic carbocycles. The number of ether oxygens (including phenoxy) is 2. The molecule has 0 aliphatic carbocycles. The fraction of sp³-hybridized carbons (Fsp3) is 0.545. The van der Waals surface area contributed by atoms with Crippen LogP contribution in [-0.2, 0) is 21.6 Å². The lowest BCUT2D eigenvalue weighted by Gasteiger charge is -2.36. The number of amides is 1. The number of hydrogen-bond acceptors (Lipinski definition) is 5. The average molecular weight is 435 g/mol. The molecule has 2 saturated heterocycles. The van der Waals surface area contributed by atoms with Gasteiger partial charge in [-0.25, -0.2) is 0 Å². The summed E-state index contributed by atoms with van der Waals surface area (Å²) in [6.07, 6.45) is 6.10. The van der Waals surface area contributed by atoms with E-state index in [-0.39, 0.29) is 18.3 Å². The molecule has 2 fully saturated rings. The smallest absolute Gasteiger partial charge is 0.248 e. The van der Waals surface area contributed by atoms with Gasteiger partial charge >= 0.3 is 0 Å². The fourth-order valence-electron chi connectivity index (χ4n) is 4.13. The minimum Gasteiger partial charge on any atom is -0.493 e. The van der Waals surface area contributed by atoms with Crippen molar-refractivity contribution in [2.24, 2.45) is 5.92 Å². The van der Waals surface area contributed by atoms with Crippen LogP contribution in [0.5, 0.6) is 5.75 Å². The Labute approximate surface area is 183 Å². The van der Waals surface area contributed by atoms with Crippen molar-refractivity contribution < 1.29 is 14.3 Å². The van der Waals surface area contributed by atoms with Gasteiger partial charge in [-0.1, -0.05) is 12.1 Å². The first-order chi connectivity index (χ1) is 14.2. The van der Waals surface area contributed by atoms with E-state index in [2.05, 4.69) is 28.7 Å². The molecule has 1 unspecified atom stereocenters. The minimum absolute atomic E-state index is 0. The van der Waals surface area contributed by atoms with Crippen LogP contribution < -0.4 is 15.4 Å². The minimum atomic E-state index is -0.637. The number of nitrogens with zero attached hydrogens (tertiary/aromatic N) is 2. The Balaban J connectivity index is 0.00000256. The highest BCUT2D eigenvalue weighted by atomic mass is 35.5. The Bertz CT molecular complexity index is 816. The molecule has 1 amide bonds. The molecule has 2 aromatic rings. The van der Waals surface area contributed by atoms with Gasteiger partial charge in [0.05, 0.1) is 13.2 Å². The van der Waals surface area contributed by atoms with Crippen molar-refractivity contribution in [3.05, 3.63) is 47.8 Å². The third-order valence-electron chi connectivity index (χ3n) is 5.96. The van der Waals surface area contributed by atoms with Gasteiger partial charge < -0.3 is 20.1 Å². The number of piperidine rings is 1. The van der Waals surface area contributed by atoms with E-state index in [4.69, 9.17) is 9.47 Å². The maximum absolute atomic E-state index is 13.3. The zero-order valence-electron chi connectivity index (χ0n) is 17.4. The molecule has 0 spiro atoms. The molecule has 164 valence electrons. The van der Waals surface area contributed by atoms with Crippen molar-refractivity contribution in [2.45, 2.75) is 38.3 Å². The predicted octanol–water partition coefficient (Wildman–Crippen LogP) is 2.42. The van der Waals surface area contributed by atoms with Crippen LogP contribution in [0.25, 0.3) is 0 Å². The zero-order valence-corrected chi connectivity index (χ0v) is 18.2. The molecule has 2 aliphatic heterocycles. The van der Waals surface area contributed by atoms with E-state index in [9.17, 15) is 4.79 Å². The van der Waals surface area contributed by atoms with Crippen LogP contribution in [0.15, 0.2) is 36.7 Å². The van der Waals surface area contributed by atoms with E-state index in [1.54, 1.807) is 6.20 Å². The SMILES string of the molecule is Cc1ccc(CNC(=O)C2(n3cccn3)CCNCC2)c(OCC2CCOC2)c1.Cl. The van der Waals surface area contributed by atoms with Crippen molar-refractivity contribution >= 4 is 18.3 Å². The molecule has 0 radical (unpaired) electrons. The number of rotatable bonds is 7. The van der Waals surface area contributed by atoms with Crippen molar-refractivity contribution in [1.82, 2.24) is 20.4 Å². The molecule has 3 heterocycles. The fourth-order valence-corrected chi connectivity index (χ4v) is 4.13. The van der Waals surface area contributed by atoms with Gasteiger partial charge in [0.1, 0.15) is 11.3 Å². The highest BCUT2D eigenvalue weighted by Crippen LogP contribution is 2.28. The van der Waals surface area contributed by atoms with E-state index < -0.39 is 5.54 Å². The summed E-state index contributed by atoms with van der Waals surface area (Å²) in [4.78, 5) is 13.3. The molecule has 0 saturated carbocycles. The second-order valence-electron chi connectivity index (χ2n) is 8.07. The van der Waals surface area contributed by atoms with E-state index in [0.29, 0.717) is 19.1 Å². The first-order valence-corrected chi connectivity index (χ1v) is 10.5. The first-order valence-electron chi connectivity index (χ1n) is 10.5. The van der Waals surface area contributed by atoms with E-state index in [1.165, 1.54) is 0 Å². The zero-order chi connectivity index (χ0) is 20.1. The molecule has 4 rings (SSSR count). The molecular formula is C22H31ClN4O3. The van der Waals surface area contributed by atoms with Gasteiger partial charge in [-0.2, -0.15) is 5.10 Å². The molecule has 1 aromatic heterocycles. The number of aromatic nitrogens is 2. The summed E-state index contributed by atoms with van der Waals surface area (Å²) >= 11 is 0. The lowest BCUT2D eigenvalue weighted by atomic mass is 9.87. The summed E-state index contributed by atoms with van der Waals surface area (Å²) in [5, 5.41) is 10.9. The summed E-state index contributed by atoms with van der Waals surface area (Å²) in [6, 6.07) is 8.01. The summed E-state index contributed by atoms with van der Waals surface area (Å²) in [5.74, 6) is 1.30. The third-order valence-corrected chi connectivity index (χ3v) is 5.96. The van der Waals surface area contributed by atoms with Crippen LogP contribution in [0.3, 0.4) is 0 Å². The van der Waals surface area contributed by atoms with Gasteiger partial charge in [0.15, 0.2) is 0 Å². The third kappa shape index (κ3) is 4.96. The van der Waals surface area contributed by atoms with Gasteiger partial charge in [-0.15, -0.1) is 12.4 Å². The van der Waals surface area contributed by atoms with Crippen LogP contribution >= 0.6 is 12.4 Å². The van der Waals surface area contributed by atoms with Crippen LogP contribution in [0.4, 0.5) is 0 Å². The number of halogens is 1. The van der Waals surface area contributed by atoms with Crippen LogP contribution in [0, 0.1) is 12.8 Å². The van der Waals surface area contributed by atoms with Crippen LogP contribution in [-0.4, -0.2) is 48.6 Å². The van der Waals surface area contributed by atoms with Gasteiger partial charge in [-0.3, -0.25) is 9.48 Å². The maximum Gasteiger partial charge on any atom is 0.248 e. The Hall–Kier alpha value is -2.09. The highest BCUT2D eigenvalue weighted by molar-refractivity contribution is 5.85. The quantitative estimate of drug-likeness (QED) is 0.699. The standard InChI is InChI=1S/C22H30N4O3.ClH/c1-17-3-4-19(20(13-17)29-16-18-5-12-28-15-18)14-24-21(27)22(6-9-23-10-7-22)26-11-2-8-25-26;/h2-4,8,11,13,18,23H,5-7,9-10,12,14-16H2,1H3,(H,24,27);1H.